The quantitative estimate of drug-likeness (QED) is 0.489. The standard InChI is InChI=1S/C19H30N4O3S/c1-14(20)21-18(12-15-8-5-4-6-9-15)19(24)22-16-10-7-11-17(13-16)27(25,26)23(2)3/h7,10-11,13,15,18H,4-6,8-9,12H2,1-3H3,(H2,20,21)(H,22,24)/t18-/m1/s1. The number of hydrogen-bond donors (Lipinski definition) is 3. The lowest BCUT2D eigenvalue weighted by molar-refractivity contribution is -0.118. The maximum atomic E-state index is 12.8. The van der Waals surface area contributed by atoms with Crippen molar-refractivity contribution in [2.75, 3.05) is 19.4 Å². The van der Waals surface area contributed by atoms with Crippen molar-refractivity contribution in [3.63, 3.8) is 0 Å². The topological polar surface area (TPSA) is 102 Å². The van der Waals surface area contributed by atoms with Gasteiger partial charge in [0.05, 0.1) is 10.7 Å². The Morgan fingerprint density at radius 3 is 2.52 bits per heavy atom. The summed E-state index contributed by atoms with van der Waals surface area (Å²) in [6.07, 6.45) is 6.52. The van der Waals surface area contributed by atoms with E-state index in [-0.39, 0.29) is 16.6 Å². The van der Waals surface area contributed by atoms with Crippen molar-refractivity contribution in [1.82, 2.24) is 9.62 Å². The second kappa shape index (κ2) is 9.32. The molecule has 0 aliphatic heterocycles. The van der Waals surface area contributed by atoms with Crippen LogP contribution in [0.25, 0.3) is 0 Å². The fourth-order valence-corrected chi connectivity index (χ4v) is 4.37. The second-order valence-electron chi connectivity index (χ2n) is 7.37. The summed E-state index contributed by atoms with van der Waals surface area (Å²) in [6.45, 7) is 1.62. The lowest BCUT2D eigenvalue weighted by Crippen LogP contribution is -2.44. The molecule has 1 aliphatic carbocycles. The van der Waals surface area contributed by atoms with Crippen molar-refractivity contribution in [2.24, 2.45) is 5.92 Å². The van der Waals surface area contributed by atoms with Gasteiger partial charge in [-0.2, -0.15) is 0 Å². The van der Waals surface area contributed by atoms with Crippen LogP contribution >= 0.6 is 0 Å². The van der Waals surface area contributed by atoms with Crippen LogP contribution in [0, 0.1) is 11.3 Å². The number of nitrogens with zero attached hydrogens (tertiary/aromatic N) is 1. The number of amidine groups is 1. The van der Waals surface area contributed by atoms with Gasteiger partial charge in [-0.15, -0.1) is 0 Å². The van der Waals surface area contributed by atoms with Gasteiger partial charge >= 0.3 is 0 Å². The van der Waals surface area contributed by atoms with Gasteiger partial charge < -0.3 is 10.6 Å². The summed E-state index contributed by atoms with van der Waals surface area (Å²) in [5, 5.41) is 13.5. The highest BCUT2D eigenvalue weighted by molar-refractivity contribution is 7.89. The largest absolute Gasteiger partial charge is 0.363 e. The molecule has 0 bridgehead atoms. The van der Waals surface area contributed by atoms with Crippen LogP contribution in [0.5, 0.6) is 0 Å². The Labute approximate surface area is 162 Å². The third-order valence-corrected chi connectivity index (χ3v) is 6.69. The first kappa shape index (κ1) is 21.4. The van der Waals surface area contributed by atoms with E-state index in [9.17, 15) is 13.2 Å². The molecule has 0 heterocycles. The molecule has 7 nitrogen and oxygen atoms in total. The molecule has 27 heavy (non-hydrogen) atoms. The molecule has 1 amide bonds. The molecule has 2 rings (SSSR count). The first-order chi connectivity index (χ1) is 12.7. The van der Waals surface area contributed by atoms with Crippen molar-refractivity contribution >= 4 is 27.5 Å². The average Bonchev–Trinajstić information content (AvgIpc) is 2.61. The highest BCUT2D eigenvalue weighted by atomic mass is 32.2. The molecule has 1 atom stereocenters. The number of nitrogens with one attached hydrogen (secondary N) is 3. The molecule has 1 aromatic rings. The average molecular weight is 395 g/mol. The smallest absolute Gasteiger partial charge is 0.246 e. The molecule has 8 heteroatoms. The van der Waals surface area contributed by atoms with Gasteiger partial charge in [-0.05, 0) is 37.5 Å². The molecule has 0 radical (unpaired) electrons. The molecule has 0 spiro atoms. The molecule has 1 saturated carbocycles. The first-order valence-electron chi connectivity index (χ1n) is 9.35. The predicted octanol–water partition coefficient (Wildman–Crippen LogP) is 2.80. The maximum absolute atomic E-state index is 12.8. The molecule has 0 unspecified atom stereocenters. The molecule has 1 aliphatic rings. The minimum atomic E-state index is -3.56. The van der Waals surface area contributed by atoms with Crippen LogP contribution in [0.3, 0.4) is 0 Å². The normalized spacial score (nSPS) is 16.7. The molecule has 3 N–H and O–H groups in total. The molecule has 150 valence electrons. The van der Waals surface area contributed by atoms with Gasteiger partial charge in [0, 0.05) is 19.8 Å². The summed E-state index contributed by atoms with van der Waals surface area (Å²) in [6, 6.07) is 5.74. The van der Waals surface area contributed by atoms with E-state index in [0.29, 0.717) is 18.0 Å². The van der Waals surface area contributed by atoms with Gasteiger partial charge in [0.2, 0.25) is 15.9 Å². The van der Waals surface area contributed by atoms with Crippen LogP contribution < -0.4 is 10.6 Å². The van der Waals surface area contributed by atoms with E-state index in [1.807, 2.05) is 0 Å². The van der Waals surface area contributed by atoms with Crippen molar-refractivity contribution in [3.8, 4) is 0 Å². The zero-order valence-corrected chi connectivity index (χ0v) is 17.1. The van der Waals surface area contributed by atoms with E-state index in [0.717, 1.165) is 17.1 Å². The van der Waals surface area contributed by atoms with Crippen LogP contribution in [0.15, 0.2) is 29.2 Å². The number of carbonyl (C=O) groups excluding carboxylic acids is 1. The fourth-order valence-electron chi connectivity index (χ4n) is 3.42. The van der Waals surface area contributed by atoms with Crippen molar-refractivity contribution in [2.45, 2.75) is 56.4 Å². The summed E-state index contributed by atoms with van der Waals surface area (Å²) in [5.74, 6) is 0.475. The van der Waals surface area contributed by atoms with Crippen LogP contribution in [0.4, 0.5) is 5.69 Å². The molecule has 1 aromatic carbocycles. The minimum Gasteiger partial charge on any atom is -0.363 e. The number of rotatable bonds is 7. The summed E-state index contributed by atoms with van der Waals surface area (Å²) in [7, 11) is -0.625. The molecule has 1 fully saturated rings. The zero-order chi connectivity index (χ0) is 20.0. The number of anilines is 1. The Balaban J connectivity index is 2.13. The summed E-state index contributed by atoms with van der Waals surface area (Å²) < 4.78 is 25.7. The lowest BCUT2D eigenvalue weighted by Gasteiger charge is -2.27. The van der Waals surface area contributed by atoms with Gasteiger partial charge in [0.25, 0.3) is 0 Å². The van der Waals surface area contributed by atoms with E-state index in [2.05, 4.69) is 10.6 Å². The Kier molecular flexibility index (Phi) is 7.38. The van der Waals surface area contributed by atoms with E-state index in [1.54, 1.807) is 19.1 Å². The predicted molar refractivity (Wildman–Crippen MR) is 107 cm³/mol. The Bertz CT molecular complexity index is 771. The zero-order valence-electron chi connectivity index (χ0n) is 16.3. The molecule has 0 aromatic heterocycles. The van der Waals surface area contributed by atoms with Gasteiger partial charge in [-0.1, -0.05) is 38.2 Å². The van der Waals surface area contributed by atoms with Gasteiger partial charge in [0.1, 0.15) is 6.04 Å². The van der Waals surface area contributed by atoms with Crippen molar-refractivity contribution in [1.29, 1.82) is 5.41 Å². The highest BCUT2D eigenvalue weighted by Crippen LogP contribution is 2.28. The van der Waals surface area contributed by atoms with Crippen LogP contribution in [0.2, 0.25) is 0 Å². The van der Waals surface area contributed by atoms with Gasteiger partial charge in [-0.25, -0.2) is 12.7 Å². The maximum Gasteiger partial charge on any atom is 0.246 e. The van der Waals surface area contributed by atoms with E-state index in [4.69, 9.17) is 5.41 Å². The van der Waals surface area contributed by atoms with Crippen molar-refractivity contribution < 1.29 is 13.2 Å². The Hall–Kier alpha value is -1.93. The first-order valence-corrected chi connectivity index (χ1v) is 10.8. The van der Waals surface area contributed by atoms with E-state index in [1.165, 1.54) is 45.5 Å². The number of hydrogen-bond acceptors (Lipinski definition) is 4. The van der Waals surface area contributed by atoms with E-state index < -0.39 is 16.1 Å². The van der Waals surface area contributed by atoms with Crippen molar-refractivity contribution in [3.05, 3.63) is 24.3 Å². The number of carbonyl (C=O) groups is 1. The van der Waals surface area contributed by atoms with Crippen LogP contribution in [0.1, 0.15) is 45.4 Å². The van der Waals surface area contributed by atoms with E-state index >= 15 is 0 Å². The molecular formula is C19H30N4O3S. The summed E-state index contributed by atoms with van der Waals surface area (Å²) >= 11 is 0. The van der Waals surface area contributed by atoms with Gasteiger partial charge in [0.15, 0.2) is 0 Å². The number of sulfonamides is 1. The third kappa shape index (κ3) is 6.04. The van der Waals surface area contributed by atoms with Gasteiger partial charge in [-0.3, -0.25) is 10.2 Å². The SMILES string of the molecule is CC(=N)N[C@H](CC1CCCCC1)C(=O)Nc1cccc(S(=O)(=O)N(C)C)c1. The fraction of sp³-hybridized carbons (Fsp3) is 0.579. The number of benzene rings is 1. The number of amides is 1. The highest BCUT2D eigenvalue weighted by Gasteiger charge is 2.25. The van der Waals surface area contributed by atoms with Crippen LogP contribution in [-0.4, -0.2) is 44.6 Å². The monoisotopic (exact) mass is 394 g/mol. The minimum absolute atomic E-state index is 0.130. The molecular weight excluding hydrogens is 364 g/mol. The Morgan fingerprint density at radius 2 is 1.93 bits per heavy atom. The molecule has 0 saturated heterocycles. The third-order valence-electron chi connectivity index (χ3n) is 4.88. The Morgan fingerprint density at radius 1 is 1.26 bits per heavy atom. The van der Waals surface area contributed by atoms with Crippen LogP contribution in [-0.2, 0) is 14.8 Å². The summed E-state index contributed by atoms with van der Waals surface area (Å²) in [5.41, 5.74) is 0.431. The lowest BCUT2D eigenvalue weighted by atomic mass is 9.84. The second-order valence-corrected chi connectivity index (χ2v) is 9.52. The summed E-state index contributed by atoms with van der Waals surface area (Å²) in [4.78, 5) is 12.9.